The third kappa shape index (κ3) is 6.20. The standard InChI is InChI=1S/C14H11ClF3N3O.C13H15N3O/c15-12-7-19-10-5-8-1-3-21(13(22)14(16,17)18)4-2-9(8)6-11(10)20-12;1-17-13-8-15-11-6-9-2-4-14-5-3-10(9)7-12(11)16-13/h5-7H,1-4H2;6-8,14H,2-5H2,1H3. The number of rotatable bonds is 1. The number of carbonyl (C=O) groups is 1. The van der Waals surface area contributed by atoms with Crippen molar-refractivity contribution in [2.45, 2.75) is 31.9 Å². The van der Waals surface area contributed by atoms with Gasteiger partial charge in [-0.15, -0.1) is 0 Å². The van der Waals surface area contributed by atoms with Gasteiger partial charge in [0.1, 0.15) is 5.15 Å². The summed E-state index contributed by atoms with van der Waals surface area (Å²) in [6.45, 7) is 2.15. The minimum Gasteiger partial charge on any atom is -0.480 e. The Morgan fingerprint density at radius 2 is 1.36 bits per heavy atom. The van der Waals surface area contributed by atoms with Crippen LogP contribution in [-0.2, 0) is 30.5 Å². The minimum absolute atomic E-state index is 0.0326. The Morgan fingerprint density at radius 1 is 0.846 bits per heavy atom. The fraction of sp³-hybridized carbons (Fsp3) is 0.370. The molecule has 2 aliphatic rings. The van der Waals surface area contributed by atoms with Crippen molar-refractivity contribution in [3.63, 3.8) is 0 Å². The molecule has 0 bridgehead atoms. The molecule has 0 fully saturated rings. The van der Waals surface area contributed by atoms with Crippen LogP contribution in [0.2, 0.25) is 5.15 Å². The highest BCUT2D eigenvalue weighted by Crippen LogP contribution is 2.25. The van der Waals surface area contributed by atoms with Crippen molar-refractivity contribution in [3.8, 4) is 5.88 Å². The van der Waals surface area contributed by atoms with Crippen LogP contribution in [0.1, 0.15) is 22.3 Å². The van der Waals surface area contributed by atoms with Gasteiger partial charge < -0.3 is 15.0 Å². The monoisotopic (exact) mass is 558 g/mol. The van der Waals surface area contributed by atoms with Gasteiger partial charge in [-0.25, -0.2) is 15.0 Å². The highest BCUT2D eigenvalue weighted by molar-refractivity contribution is 6.29. The summed E-state index contributed by atoms with van der Waals surface area (Å²) in [4.78, 5) is 29.3. The summed E-state index contributed by atoms with van der Waals surface area (Å²) < 4.78 is 42.7. The molecule has 0 atom stereocenters. The highest BCUT2D eigenvalue weighted by atomic mass is 35.5. The second-order valence-corrected chi connectivity index (χ2v) is 9.75. The zero-order valence-corrected chi connectivity index (χ0v) is 21.9. The smallest absolute Gasteiger partial charge is 0.471 e. The van der Waals surface area contributed by atoms with Crippen molar-refractivity contribution < 1.29 is 22.7 Å². The molecule has 2 aromatic carbocycles. The first-order valence-corrected chi connectivity index (χ1v) is 12.9. The normalized spacial score (nSPS) is 15.5. The molecule has 0 saturated heterocycles. The Kier molecular flexibility index (Phi) is 7.81. The summed E-state index contributed by atoms with van der Waals surface area (Å²) in [5, 5.41) is 3.66. The molecule has 0 spiro atoms. The Hall–Kier alpha value is -3.57. The Balaban J connectivity index is 0.000000163. The fourth-order valence-electron chi connectivity index (χ4n) is 4.86. The van der Waals surface area contributed by atoms with E-state index in [4.69, 9.17) is 16.3 Å². The Labute approximate surface area is 227 Å². The lowest BCUT2D eigenvalue weighted by Crippen LogP contribution is -2.42. The van der Waals surface area contributed by atoms with Crippen molar-refractivity contribution in [1.29, 1.82) is 0 Å². The fourth-order valence-corrected chi connectivity index (χ4v) is 5.00. The van der Waals surface area contributed by atoms with E-state index in [2.05, 4.69) is 37.4 Å². The van der Waals surface area contributed by atoms with Gasteiger partial charge in [0, 0.05) is 13.1 Å². The third-order valence-corrected chi connectivity index (χ3v) is 7.04. The van der Waals surface area contributed by atoms with E-state index in [1.807, 2.05) is 0 Å². The molecule has 39 heavy (non-hydrogen) atoms. The number of hydrogen-bond donors (Lipinski definition) is 1. The van der Waals surface area contributed by atoms with E-state index in [0.29, 0.717) is 29.8 Å². The number of amides is 1. The SMILES string of the molecule is COc1cnc2cc3c(cc2n1)CCNCC3.O=C(N1CCc2cc3ncc(Cl)nc3cc2CC1)C(F)(F)F. The van der Waals surface area contributed by atoms with Crippen molar-refractivity contribution in [2.75, 3.05) is 33.3 Å². The minimum atomic E-state index is -4.84. The zero-order chi connectivity index (χ0) is 27.6. The van der Waals surface area contributed by atoms with Gasteiger partial charge >= 0.3 is 12.1 Å². The number of nitrogens with zero attached hydrogens (tertiary/aromatic N) is 5. The zero-order valence-electron chi connectivity index (χ0n) is 21.2. The van der Waals surface area contributed by atoms with Gasteiger partial charge in [-0.3, -0.25) is 9.78 Å². The van der Waals surface area contributed by atoms with Gasteiger partial charge in [0.15, 0.2) is 0 Å². The molecule has 4 heterocycles. The predicted octanol–water partition coefficient (Wildman–Crippen LogP) is 4.10. The van der Waals surface area contributed by atoms with E-state index in [0.717, 1.165) is 53.0 Å². The van der Waals surface area contributed by atoms with E-state index in [1.165, 1.54) is 17.3 Å². The molecule has 1 amide bonds. The lowest BCUT2D eigenvalue weighted by atomic mass is 10.0. The van der Waals surface area contributed by atoms with Crippen LogP contribution in [0.3, 0.4) is 0 Å². The number of ether oxygens (including phenoxy) is 1. The number of halogens is 4. The van der Waals surface area contributed by atoms with E-state index in [1.54, 1.807) is 25.4 Å². The molecule has 0 saturated carbocycles. The summed E-state index contributed by atoms with van der Waals surface area (Å²) in [6, 6.07) is 7.89. The van der Waals surface area contributed by atoms with Crippen LogP contribution in [0.5, 0.6) is 5.88 Å². The molecule has 1 N–H and O–H groups in total. The first kappa shape index (κ1) is 27.0. The van der Waals surface area contributed by atoms with Gasteiger partial charge in [-0.1, -0.05) is 11.6 Å². The van der Waals surface area contributed by atoms with E-state index in [-0.39, 0.29) is 18.2 Å². The van der Waals surface area contributed by atoms with Crippen LogP contribution in [0.25, 0.3) is 22.1 Å². The van der Waals surface area contributed by atoms with Crippen LogP contribution in [0.4, 0.5) is 13.2 Å². The maximum atomic E-state index is 12.5. The molecule has 6 rings (SSSR count). The summed E-state index contributed by atoms with van der Waals surface area (Å²) in [5.74, 6) is -1.21. The van der Waals surface area contributed by atoms with Crippen molar-refractivity contribution in [2.24, 2.45) is 0 Å². The van der Waals surface area contributed by atoms with Crippen LogP contribution in [-0.4, -0.2) is 70.2 Å². The number of hydrogen-bond acceptors (Lipinski definition) is 7. The molecule has 0 unspecified atom stereocenters. The number of methoxy groups -OCH3 is 1. The summed E-state index contributed by atoms with van der Waals surface area (Å²) >= 11 is 5.80. The topological polar surface area (TPSA) is 93.1 Å². The second-order valence-electron chi connectivity index (χ2n) is 9.36. The van der Waals surface area contributed by atoms with Gasteiger partial charge in [0.2, 0.25) is 5.88 Å². The van der Waals surface area contributed by atoms with Crippen LogP contribution < -0.4 is 10.1 Å². The number of benzene rings is 2. The number of carbonyl (C=O) groups excluding carboxylic acids is 1. The first-order valence-electron chi connectivity index (χ1n) is 12.5. The molecule has 12 heteroatoms. The van der Waals surface area contributed by atoms with Crippen LogP contribution in [0, 0.1) is 0 Å². The molecule has 2 aliphatic heterocycles. The number of fused-ring (bicyclic) bond motifs is 4. The molecule has 0 aliphatic carbocycles. The summed E-state index contributed by atoms with van der Waals surface area (Å²) in [7, 11) is 1.61. The first-order chi connectivity index (χ1) is 18.7. The molecule has 2 aromatic heterocycles. The molecule has 8 nitrogen and oxygen atoms in total. The van der Waals surface area contributed by atoms with Crippen molar-refractivity contribution in [1.82, 2.24) is 30.2 Å². The summed E-state index contributed by atoms with van der Waals surface area (Å²) in [6.07, 6.45) is 1.09. The molecule has 204 valence electrons. The maximum Gasteiger partial charge on any atom is 0.471 e. The number of alkyl halides is 3. The van der Waals surface area contributed by atoms with Gasteiger partial charge in [-0.2, -0.15) is 13.2 Å². The van der Waals surface area contributed by atoms with E-state index >= 15 is 0 Å². The van der Waals surface area contributed by atoms with E-state index in [9.17, 15) is 18.0 Å². The molecule has 4 aromatic rings. The molecule has 0 radical (unpaired) electrons. The van der Waals surface area contributed by atoms with Crippen LogP contribution in [0.15, 0.2) is 36.7 Å². The second kappa shape index (κ2) is 11.3. The third-order valence-electron chi connectivity index (χ3n) is 6.86. The lowest BCUT2D eigenvalue weighted by Gasteiger charge is -2.21. The maximum absolute atomic E-state index is 12.5. The van der Waals surface area contributed by atoms with Gasteiger partial charge in [0.25, 0.3) is 0 Å². The largest absolute Gasteiger partial charge is 0.480 e. The average Bonchev–Trinajstić information content (AvgIpc) is 3.27. The molecular weight excluding hydrogens is 533 g/mol. The quantitative estimate of drug-likeness (QED) is 0.376. The number of nitrogens with one attached hydrogen (secondary N) is 1. The van der Waals surface area contributed by atoms with Crippen LogP contribution >= 0.6 is 11.6 Å². The van der Waals surface area contributed by atoms with Gasteiger partial charge in [0.05, 0.1) is 41.6 Å². The highest BCUT2D eigenvalue weighted by Gasteiger charge is 2.42. The number of aromatic nitrogens is 4. The van der Waals surface area contributed by atoms with Gasteiger partial charge in [-0.05, 0) is 85.3 Å². The van der Waals surface area contributed by atoms with E-state index < -0.39 is 12.1 Å². The Morgan fingerprint density at radius 3 is 1.92 bits per heavy atom. The predicted molar refractivity (Wildman–Crippen MR) is 141 cm³/mol. The lowest BCUT2D eigenvalue weighted by molar-refractivity contribution is -0.185. The van der Waals surface area contributed by atoms with Crippen molar-refractivity contribution in [3.05, 3.63) is 64.1 Å². The summed E-state index contributed by atoms with van der Waals surface area (Å²) in [5.41, 5.74) is 7.65. The Bertz CT molecular complexity index is 1530. The van der Waals surface area contributed by atoms with Crippen molar-refractivity contribution >= 4 is 39.6 Å². The average molecular weight is 559 g/mol. The molecular formula is C27H26ClF3N6O2.